The number of ether oxygens (including phenoxy) is 4. The highest BCUT2D eigenvalue weighted by Gasteiger charge is 2.40. The lowest BCUT2D eigenvalue weighted by atomic mass is 10.2. The molecule has 0 fully saturated rings. The minimum absolute atomic E-state index is 0.0142. The van der Waals surface area contributed by atoms with Crippen molar-refractivity contribution in [3.63, 3.8) is 0 Å². The van der Waals surface area contributed by atoms with E-state index < -0.39 is 92.2 Å². The van der Waals surface area contributed by atoms with Gasteiger partial charge in [-0.1, -0.05) is 121 Å². The van der Waals surface area contributed by atoms with Crippen molar-refractivity contribution >= 4 is 53.4 Å². The second kappa shape index (κ2) is 48.0. The predicted octanol–water partition coefficient (Wildman–Crippen LogP) is 5.05. The molecule has 4 aromatic rings. The molecule has 0 aliphatic rings. The van der Waals surface area contributed by atoms with E-state index >= 15 is 0 Å². The topological polar surface area (TPSA) is 352 Å². The highest BCUT2D eigenvalue weighted by molar-refractivity contribution is 5.92. The van der Waals surface area contributed by atoms with Crippen molar-refractivity contribution in [2.45, 2.75) is 70.6 Å². The number of hydrogen-bond donors (Lipinski definition) is 7. The van der Waals surface area contributed by atoms with Crippen LogP contribution in [-0.2, 0) is 88.5 Å². The van der Waals surface area contributed by atoms with E-state index in [9.17, 15) is 73.4 Å². The normalized spacial score (nSPS) is 11.0. The quantitative estimate of drug-likeness (QED) is 0.0226. The van der Waals surface area contributed by atoms with E-state index in [1.807, 2.05) is 121 Å². The van der Waals surface area contributed by atoms with E-state index in [2.05, 4.69) is 5.32 Å². The van der Waals surface area contributed by atoms with Gasteiger partial charge in [0.25, 0.3) is 0 Å². The molecule has 0 aliphatic carbocycles. The van der Waals surface area contributed by atoms with E-state index in [0.29, 0.717) is 58.5 Å². The zero-order chi connectivity index (χ0) is 72.0. The summed E-state index contributed by atoms with van der Waals surface area (Å²) in [6, 6.07) is 38.1. The summed E-state index contributed by atoms with van der Waals surface area (Å²) in [5.74, 6) is -12.1. The summed E-state index contributed by atoms with van der Waals surface area (Å²) < 4.78 is 119. The minimum atomic E-state index is -5.08. The van der Waals surface area contributed by atoms with Gasteiger partial charge in [0.15, 0.2) is 0 Å². The molecule has 0 saturated carbocycles. The maximum absolute atomic E-state index is 14.6. The molecule has 25 nitrogen and oxygen atoms in total. The third-order valence-corrected chi connectivity index (χ3v) is 12.5. The number of carbonyl (C=O) groups is 9. The van der Waals surface area contributed by atoms with Crippen molar-refractivity contribution in [2.75, 3.05) is 118 Å². The Labute approximate surface area is 547 Å². The van der Waals surface area contributed by atoms with Crippen LogP contribution in [0.4, 0.5) is 39.5 Å². The fourth-order valence-corrected chi connectivity index (χ4v) is 7.60. The number of carboxylic acid groups (broad SMARTS) is 4. The van der Waals surface area contributed by atoms with Gasteiger partial charge in [0.1, 0.15) is 6.54 Å². The number of halogens is 9. The van der Waals surface area contributed by atoms with Crippen molar-refractivity contribution < 1.29 is 122 Å². The van der Waals surface area contributed by atoms with Crippen LogP contribution in [0.5, 0.6) is 0 Å². The van der Waals surface area contributed by atoms with Gasteiger partial charge in [-0.3, -0.25) is 28.8 Å². The van der Waals surface area contributed by atoms with Crippen LogP contribution in [0, 0.1) is 0 Å². The minimum Gasteiger partial charge on any atom is -0.480 e. The maximum atomic E-state index is 14.6. The number of carbonyl (C=O) groups excluding carboxylic acids is 5. The Morgan fingerprint density at radius 1 is 0.354 bits per heavy atom. The van der Waals surface area contributed by atoms with E-state index in [-0.39, 0.29) is 91.4 Å². The number of carboxylic acids is 4. The van der Waals surface area contributed by atoms with E-state index in [1.54, 1.807) is 0 Å². The number of unbranched alkanes of at least 4 members (excludes halogenated alkanes) is 2. The predicted molar refractivity (Wildman–Crippen MR) is 325 cm³/mol. The van der Waals surface area contributed by atoms with Crippen LogP contribution in [0.15, 0.2) is 121 Å². The number of nitrogens with zero attached hydrogens (tertiary/aromatic N) is 5. The van der Waals surface area contributed by atoms with Crippen LogP contribution in [-0.4, -0.2) is 235 Å². The lowest BCUT2D eigenvalue weighted by molar-refractivity contribution is -0.193. The number of aliphatic carboxylic acids is 4. The molecule has 5 amide bonds. The van der Waals surface area contributed by atoms with E-state index in [1.165, 1.54) is 19.6 Å². The Kier molecular flexibility index (Phi) is 42.6. The average Bonchev–Trinajstić information content (AvgIpc) is 1.27. The molecule has 0 heterocycles. The third kappa shape index (κ3) is 41.1. The van der Waals surface area contributed by atoms with Gasteiger partial charge in [0.2, 0.25) is 29.5 Å². The molecule has 0 unspecified atom stereocenters. The first kappa shape index (κ1) is 85.2. The van der Waals surface area contributed by atoms with Crippen LogP contribution in [0.2, 0.25) is 0 Å². The lowest BCUT2D eigenvalue weighted by Gasteiger charge is -2.31. The van der Waals surface area contributed by atoms with Crippen molar-refractivity contribution in [2.24, 2.45) is 11.5 Å². The highest BCUT2D eigenvalue weighted by atomic mass is 19.4. The first-order valence-corrected chi connectivity index (χ1v) is 29.5. The molecule has 96 heavy (non-hydrogen) atoms. The van der Waals surface area contributed by atoms with E-state index in [0.717, 1.165) is 27.2 Å². The Hall–Kier alpha value is -8.80. The zero-order valence-electron chi connectivity index (χ0n) is 52.3. The van der Waals surface area contributed by atoms with Crippen LogP contribution in [0.3, 0.4) is 0 Å². The Morgan fingerprint density at radius 3 is 0.844 bits per heavy atom. The SMILES string of the molecule is NCCCCN(CC(=O)N(CCOCc1ccccc1)CC(=O)N(CCOCc1ccccc1)CC(=O)N(CCCCN)CC(=O)N(CCOCc1ccccc1)CC(=O)O)C(=O)CNCCOCc1ccccc1.O=C(O)C(F)(F)F.O=C(O)C(F)(F)F.O=C(O)C(F)(F)F. The second-order valence-corrected chi connectivity index (χ2v) is 20.2. The van der Waals surface area contributed by atoms with Crippen LogP contribution in [0.25, 0.3) is 0 Å². The molecule has 4 rings (SSSR count). The monoisotopic (exact) mass is 1380 g/mol. The summed E-state index contributed by atoms with van der Waals surface area (Å²) in [7, 11) is 0. The Balaban J connectivity index is 0.00000188. The fourth-order valence-electron chi connectivity index (χ4n) is 7.60. The summed E-state index contributed by atoms with van der Waals surface area (Å²) in [5.41, 5.74) is 15.4. The standard InChI is InChI=1S/C56H78N8O11.3C2HF3O2/c57-25-13-15-28-60(51(65)37-59-27-33-72-43-47-17-5-1-6-18-47)38-53(67)63(31-35-74-45-49-21-9-3-10-22-49)41-54(68)62(30-34-73-44-48-19-7-2-8-20-48)40-52(66)61(29-16-14-26-58)39-55(69)64(42-56(70)71)32-36-75-46-50-23-11-4-12-24-50;3*3-2(4,5)1(6)7/h1-12,17-24,59H,13-16,25-46,57-58H2,(H,70,71);3*(H,6,7). The number of benzene rings is 4. The van der Waals surface area contributed by atoms with Crippen LogP contribution < -0.4 is 16.8 Å². The smallest absolute Gasteiger partial charge is 0.480 e. The summed E-state index contributed by atoms with van der Waals surface area (Å²) in [5, 5.41) is 34.2. The van der Waals surface area contributed by atoms with Crippen LogP contribution >= 0.6 is 0 Å². The molecule has 0 spiro atoms. The molecule has 4 aromatic carbocycles. The number of rotatable bonds is 40. The Morgan fingerprint density at radius 2 is 0.594 bits per heavy atom. The summed E-state index contributed by atoms with van der Waals surface area (Å²) >= 11 is 0. The molecule has 0 aliphatic heterocycles. The zero-order valence-corrected chi connectivity index (χ0v) is 52.3. The largest absolute Gasteiger partial charge is 0.490 e. The number of nitrogens with one attached hydrogen (secondary N) is 1. The number of alkyl halides is 9. The molecule has 0 aromatic heterocycles. The molecule has 534 valence electrons. The van der Waals surface area contributed by atoms with Crippen molar-refractivity contribution in [1.82, 2.24) is 29.8 Å². The third-order valence-electron chi connectivity index (χ3n) is 12.5. The van der Waals surface area contributed by atoms with Crippen LogP contribution in [0.1, 0.15) is 47.9 Å². The van der Waals surface area contributed by atoms with Gasteiger partial charge in [-0.2, -0.15) is 39.5 Å². The van der Waals surface area contributed by atoms with Crippen molar-refractivity contribution in [3.8, 4) is 0 Å². The van der Waals surface area contributed by atoms with Gasteiger partial charge in [-0.15, -0.1) is 0 Å². The second-order valence-electron chi connectivity index (χ2n) is 20.2. The molecule has 9 N–H and O–H groups in total. The number of hydrogen-bond acceptors (Lipinski definition) is 16. The van der Waals surface area contributed by atoms with Gasteiger partial charge < -0.3 is 80.7 Å². The summed E-state index contributed by atoms with van der Waals surface area (Å²) in [4.78, 5) is 116. The first-order chi connectivity index (χ1) is 45.4. The summed E-state index contributed by atoms with van der Waals surface area (Å²) in [6.07, 6.45) is -13.1. The van der Waals surface area contributed by atoms with Crippen molar-refractivity contribution in [3.05, 3.63) is 144 Å². The van der Waals surface area contributed by atoms with Gasteiger partial charge >= 0.3 is 42.4 Å². The summed E-state index contributed by atoms with van der Waals surface area (Å²) in [6.45, 7) is 0.635. The van der Waals surface area contributed by atoms with Gasteiger partial charge in [-0.25, -0.2) is 14.4 Å². The lowest BCUT2D eigenvalue weighted by Crippen LogP contribution is -2.52. The van der Waals surface area contributed by atoms with Gasteiger partial charge in [-0.05, 0) is 61.0 Å². The maximum Gasteiger partial charge on any atom is 0.490 e. The van der Waals surface area contributed by atoms with E-state index in [4.69, 9.17) is 60.1 Å². The molecular weight excluding hydrogens is 1300 g/mol. The molecule has 0 bridgehead atoms. The highest BCUT2D eigenvalue weighted by Crippen LogP contribution is 2.15. The fraction of sp³-hybridized carbons (Fsp3) is 0.468. The Bertz CT molecular complexity index is 2840. The molecule has 0 saturated heterocycles. The van der Waals surface area contributed by atoms with Crippen molar-refractivity contribution in [1.29, 1.82) is 0 Å². The molecule has 0 radical (unpaired) electrons. The molecule has 34 heteroatoms. The first-order valence-electron chi connectivity index (χ1n) is 29.5. The average molecular weight is 1380 g/mol. The molecule has 0 atom stereocenters. The van der Waals surface area contributed by atoms with Gasteiger partial charge in [0.05, 0.1) is 85.6 Å². The number of nitrogens with two attached hydrogens (primary N) is 2. The number of amides is 5. The molecular formula is C62H81F9N8O17. The van der Waals surface area contributed by atoms with Gasteiger partial charge in [0, 0.05) is 39.3 Å².